The Balaban J connectivity index is 1.91. The van der Waals surface area contributed by atoms with E-state index in [4.69, 9.17) is 4.74 Å². The summed E-state index contributed by atoms with van der Waals surface area (Å²) in [7, 11) is -3.40. The molecule has 1 aliphatic rings. The maximum absolute atomic E-state index is 12.1. The summed E-state index contributed by atoms with van der Waals surface area (Å²) in [6, 6.07) is 8.61. The van der Waals surface area contributed by atoms with Gasteiger partial charge in [-0.3, -0.25) is 4.90 Å². The Hall–Kier alpha value is -0.950. The number of hydrogen-bond acceptors (Lipinski definition) is 4. The van der Waals surface area contributed by atoms with Crippen molar-refractivity contribution in [3.05, 3.63) is 30.3 Å². The number of hydrogen-bond donors (Lipinski definition) is 1. The van der Waals surface area contributed by atoms with Crippen molar-refractivity contribution in [2.75, 3.05) is 32.8 Å². The smallest absolute Gasteiger partial charge is 0.240 e. The first kappa shape index (κ1) is 14.5. The minimum atomic E-state index is -3.40. The van der Waals surface area contributed by atoms with Crippen LogP contribution in [0.5, 0.6) is 0 Å². The van der Waals surface area contributed by atoms with Gasteiger partial charge in [0.25, 0.3) is 0 Å². The largest absolute Gasteiger partial charge is 0.379 e. The van der Waals surface area contributed by atoms with Gasteiger partial charge in [0.05, 0.1) is 18.1 Å². The Labute approximate surface area is 114 Å². The van der Waals surface area contributed by atoms with E-state index in [9.17, 15) is 8.42 Å². The van der Waals surface area contributed by atoms with Crippen LogP contribution in [-0.4, -0.2) is 52.2 Å². The van der Waals surface area contributed by atoms with Gasteiger partial charge in [-0.2, -0.15) is 0 Å². The predicted molar refractivity (Wildman–Crippen MR) is 73.5 cm³/mol. The summed E-state index contributed by atoms with van der Waals surface area (Å²) in [6.45, 7) is 5.59. The van der Waals surface area contributed by atoms with Gasteiger partial charge >= 0.3 is 0 Å². The molecule has 1 heterocycles. The molecule has 106 valence electrons. The molecule has 1 aromatic rings. The standard InChI is InChI=1S/C13H20N2O3S/c1-12(15-7-9-18-10-8-15)11-14-19(16,17)13-5-3-2-4-6-13/h2-6,12,14H,7-11H2,1H3. The first-order valence-corrected chi connectivity index (χ1v) is 7.94. The molecule has 1 unspecified atom stereocenters. The van der Waals surface area contributed by atoms with Crippen molar-refractivity contribution in [2.45, 2.75) is 17.9 Å². The monoisotopic (exact) mass is 284 g/mol. The third-order valence-electron chi connectivity index (χ3n) is 3.29. The first-order valence-electron chi connectivity index (χ1n) is 6.46. The second-order valence-electron chi connectivity index (χ2n) is 4.66. The topological polar surface area (TPSA) is 58.6 Å². The fourth-order valence-electron chi connectivity index (χ4n) is 2.06. The van der Waals surface area contributed by atoms with Crippen molar-refractivity contribution in [2.24, 2.45) is 0 Å². The van der Waals surface area contributed by atoms with Crippen LogP contribution in [0.25, 0.3) is 0 Å². The second kappa shape index (κ2) is 6.47. The molecule has 1 N–H and O–H groups in total. The molecule has 1 aliphatic heterocycles. The van der Waals surface area contributed by atoms with Gasteiger partial charge in [0.15, 0.2) is 0 Å². The Morgan fingerprint density at radius 2 is 1.89 bits per heavy atom. The van der Waals surface area contributed by atoms with E-state index in [1.54, 1.807) is 30.3 Å². The Morgan fingerprint density at radius 1 is 1.26 bits per heavy atom. The van der Waals surface area contributed by atoms with E-state index in [1.165, 1.54) is 0 Å². The van der Waals surface area contributed by atoms with Crippen LogP contribution in [0.2, 0.25) is 0 Å². The summed E-state index contributed by atoms with van der Waals surface area (Å²) in [4.78, 5) is 2.54. The molecule has 0 saturated carbocycles. The summed E-state index contributed by atoms with van der Waals surface area (Å²) >= 11 is 0. The third-order valence-corrected chi connectivity index (χ3v) is 4.73. The lowest BCUT2D eigenvalue weighted by atomic mass is 10.2. The van der Waals surface area contributed by atoms with E-state index >= 15 is 0 Å². The van der Waals surface area contributed by atoms with Crippen LogP contribution in [0.1, 0.15) is 6.92 Å². The molecular formula is C13H20N2O3S. The van der Waals surface area contributed by atoms with E-state index in [1.807, 2.05) is 6.92 Å². The van der Waals surface area contributed by atoms with Crippen molar-refractivity contribution in [1.82, 2.24) is 9.62 Å². The molecule has 0 aromatic heterocycles. The number of nitrogens with one attached hydrogen (secondary N) is 1. The van der Waals surface area contributed by atoms with Crippen LogP contribution < -0.4 is 4.72 Å². The van der Waals surface area contributed by atoms with Gasteiger partial charge in [-0.1, -0.05) is 18.2 Å². The third kappa shape index (κ3) is 4.01. The van der Waals surface area contributed by atoms with Crippen LogP contribution in [0.15, 0.2) is 35.2 Å². The average Bonchev–Trinajstić information content (AvgIpc) is 2.47. The highest BCUT2D eigenvalue weighted by atomic mass is 32.2. The number of nitrogens with zero attached hydrogens (tertiary/aromatic N) is 1. The quantitative estimate of drug-likeness (QED) is 0.864. The van der Waals surface area contributed by atoms with Crippen LogP contribution in [0.3, 0.4) is 0 Å². The molecule has 1 aromatic carbocycles. The maximum atomic E-state index is 12.1. The molecule has 0 amide bonds. The van der Waals surface area contributed by atoms with Crippen molar-refractivity contribution >= 4 is 10.0 Å². The van der Waals surface area contributed by atoms with Crippen LogP contribution >= 0.6 is 0 Å². The van der Waals surface area contributed by atoms with E-state index in [0.29, 0.717) is 11.4 Å². The fourth-order valence-corrected chi connectivity index (χ4v) is 3.20. The van der Waals surface area contributed by atoms with Gasteiger partial charge < -0.3 is 4.74 Å². The molecule has 2 rings (SSSR count). The minimum absolute atomic E-state index is 0.169. The number of rotatable bonds is 5. The lowest BCUT2D eigenvalue weighted by molar-refractivity contribution is 0.0213. The Kier molecular flexibility index (Phi) is 4.93. The Bertz CT molecular complexity index is 484. The van der Waals surface area contributed by atoms with Gasteiger partial charge in [0.1, 0.15) is 0 Å². The number of sulfonamides is 1. The van der Waals surface area contributed by atoms with Gasteiger partial charge in [0.2, 0.25) is 10.0 Å². The van der Waals surface area contributed by atoms with Crippen molar-refractivity contribution in [3.63, 3.8) is 0 Å². The van der Waals surface area contributed by atoms with Gasteiger partial charge in [-0.05, 0) is 19.1 Å². The average molecular weight is 284 g/mol. The summed E-state index contributed by atoms with van der Waals surface area (Å²) in [5.74, 6) is 0. The zero-order valence-corrected chi connectivity index (χ0v) is 11.9. The van der Waals surface area contributed by atoms with Gasteiger partial charge in [-0.25, -0.2) is 13.1 Å². The first-order chi connectivity index (χ1) is 9.09. The van der Waals surface area contributed by atoms with Crippen molar-refractivity contribution < 1.29 is 13.2 Å². The van der Waals surface area contributed by atoms with E-state index < -0.39 is 10.0 Å². The van der Waals surface area contributed by atoms with Gasteiger partial charge in [0, 0.05) is 25.7 Å². The molecule has 19 heavy (non-hydrogen) atoms. The van der Waals surface area contributed by atoms with E-state index in [0.717, 1.165) is 26.3 Å². The molecule has 0 radical (unpaired) electrons. The molecule has 0 bridgehead atoms. The molecule has 1 saturated heterocycles. The highest BCUT2D eigenvalue weighted by Gasteiger charge is 2.20. The van der Waals surface area contributed by atoms with Crippen LogP contribution in [0, 0.1) is 0 Å². The molecule has 1 atom stereocenters. The number of ether oxygens (including phenoxy) is 1. The molecule has 0 aliphatic carbocycles. The van der Waals surface area contributed by atoms with E-state index in [-0.39, 0.29) is 6.04 Å². The van der Waals surface area contributed by atoms with Crippen LogP contribution in [0.4, 0.5) is 0 Å². The van der Waals surface area contributed by atoms with Crippen LogP contribution in [-0.2, 0) is 14.8 Å². The maximum Gasteiger partial charge on any atom is 0.240 e. The fraction of sp³-hybridized carbons (Fsp3) is 0.538. The molecular weight excluding hydrogens is 264 g/mol. The highest BCUT2D eigenvalue weighted by molar-refractivity contribution is 7.89. The summed E-state index contributed by atoms with van der Waals surface area (Å²) in [5, 5.41) is 0. The summed E-state index contributed by atoms with van der Waals surface area (Å²) < 4.78 is 32.1. The summed E-state index contributed by atoms with van der Waals surface area (Å²) in [5.41, 5.74) is 0. The normalized spacial score (nSPS) is 19.2. The molecule has 5 nitrogen and oxygen atoms in total. The highest BCUT2D eigenvalue weighted by Crippen LogP contribution is 2.08. The zero-order chi connectivity index (χ0) is 13.7. The second-order valence-corrected chi connectivity index (χ2v) is 6.43. The SMILES string of the molecule is CC(CNS(=O)(=O)c1ccccc1)N1CCOCC1. The molecule has 0 spiro atoms. The lowest BCUT2D eigenvalue weighted by Gasteiger charge is -2.32. The molecule has 1 fully saturated rings. The van der Waals surface area contributed by atoms with Crippen molar-refractivity contribution in [1.29, 1.82) is 0 Å². The predicted octanol–water partition coefficient (Wildman–Crippen LogP) is 0.686. The Morgan fingerprint density at radius 3 is 2.53 bits per heavy atom. The number of benzene rings is 1. The minimum Gasteiger partial charge on any atom is -0.379 e. The lowest BCUT2D eigenvalue weighted by Crippen LogP contribution is -2.47. The molecule has 6 heteroatoms. The summed E-state index contributed by atoms with van der Waals surface area (Å²) in [6.07, 6.45) is 0. The van der Waals surface area contributed by atoms with Crippen molar-refractivity contribution in [3.8, 4) is 0 Å². The van der Waals surface area contributed by atoms with E-state index in [2.05, 4.69) is 9.62 Å². The van der Waals surface area contributed by atoms with Gasteiger partial charge in [-0.15, -0.1) is 0 Å². The zero-order valence-electron chi connectivity index (χ0n) is 11.1. The number of morpholine rings is 1.